The minimum absolute atomic E-state index is 0.0259. The zero-order chi connectivity index (χ0) is 7.40. The Morgan fingerprint density at radius 3 is 2.90 bits per heavy atom. The zero-order valence-electron chi connectivity index (χ0n) is 5.53. The molecule has 0 bridgehead atoms. The van der Waals surface area contributed by atoms with Crippen LogP contribution in [0.25, 0.3) is 0 Å². The number of furan rings is 1. The van der Waals surface area contributed by atoms with Gasteiger partial charge in [0.15, 0.2) is 0 Å². The van der Waals surface area contributed by atoms with Crippen molar-refractivity contribution in [3.8, 4) is 0 Å². The van der Waals surface area contributed by atoms with Crippen molar-refractivity contribution in [2.75, 3.05) is 6.61 Å². The van der Waals surface area contributed by atoms with E-state index in [0.717, 1.165) is 0 Å². The Kier molecular flexibility index (Phi) is 2.48. The normalized spacial score (nSPS) is 13.4. The van der Waals surface area contributed by atoms with Crippen molar-refractivity contribution < 1.29 is 14.6 Å². The Balaban J connectivity index is 2.50. The number of rotatable bonds is 3. The van der Waals surface area contributed by atoms with Crippen LogP contribution in [-0.2, 0) is 0 Å². The molecule has 0 spiro atoms. The molecule has 0 aromatic carbocycles. The van der Waals surface area contributed by atoms with Crippen LogP contribution >= 0.6 is 0 Å². The lowest BCUT2D eigenvalue weighted by Gasteiger charge is -2.02. The molecule has 0 saturated heterocycles. The van der Waals surface area contributed by atoms with Crippen molar-refractivity contribution in [1.29, 1.82) is 0 Å². The van der Waals surface area contributed by atoms with E-state index >= 15 is 0 Å². The van der Waals surface area contributed by atoms with Crippen LogP contribution in [0, 0.1) is 0 Å². The summed E-state index contributed by atoms with van der Waals surface area (Å²) in [5.41, 5.74) is 0. The van der Waals surface area contributed by atoms with E-state index in [1.165, 1.54) is 6.26 Å². The first-order valence-electron chi connectivity index (χ1n) is 3.17. The molecule has 3 heteroatoms. The van der Waals surface area contributed by atoms with E-state index in [0.29, 0.717) is 12.2 Å². The second kappa shape index (κ2) is 3.39. The Hall–Kier alpha value is -0.800. The molecule has 0 radical (unpaired) electrons. The molecule has 0 unspecified atom stereocenters. The van der Waals surface area contributed by atoms with E-state index in [4.69, 9.17) is 14.6 Å². The van der Waals surface area contributed by atoms with Crippen LogP contribution < -0.4 is 0 Å². The summed E-state index contributed by atoms with van der Waals surface area (Å²) >= 11 is 0. The lowest BCUT2D eigenvalue weighted by molar-refractivity contribution is 0.113. The van der Waals surface area contributed by atoms with Crippen molar-refractivity contribution in [2.24, 2.45) is 0 Å². The minimum Gasteiger partial charge on any atom is -0.467 e. The minimum atomic E-state index is -0.667. The molecule has 1 aromatic rings. The van der Waals surface area contributed by atoms with Crippen molar-refractivity contribution in [2.45, 2.75) is 12.5 Å². The summed E-state index contributed by atoms with van der Waals surface area (Å²) in [4.78, 5) is 0. The summed E-state index contributed by atoms with van der Waals surface area (Å²) in [5, 5.41) is 17.6. The average Bonchev–Trinajstić information content (AvgIpc) is 2.38. The maximum atomic E-state index is 9.16. The van der Waals surface area contributed by atoms with Gasteiger partial charge in [-0.1, -0.05) is 0 Å². The summed E-state index contributed by atoms with van der Waals surface area (Å²) in [5.74, 6) is 0.508. The predicted octanol–water partition coefficient (Wildman–Crippen LogP) is 0.695. The fourth-order valence-corrected chi connectivity index (χ4v) is 0.745. The van der Waals surface area contributed by atoms with Gasteiger partial charge in [0.1, 0.15) is 11.9 Å². The van der Waals surface area contributed by atoms with Crippen LogP contribution in [0.2, 0.25) is 0 Å². The lowest BCUT2D eigenvalue weighted by atomic mass is 10.2. The molecule has 0 aliphatic carbocycles. The molecular formula is C7H10O3. The van der Waals surface area contributed by atoms with Gasteiger partial charge in [-0.15, -0.1) is 0 Å². The summed E-state index contributed by atoms with van der Waals surface area (Å²) in [7, 11) is 0. The van der Waals surface area contributed by atoms with Gasteiger partial charge in [0.25, 0.3) is 0 Å². The van der Waals surface area contributed by atoms with Gasteiger partial charge in [0.2, 0.25) is 0 Å². The van der Waals surface area contributed by atoms with Crippen molar-refractivity contribution in [1.82, 2.24) is 0 Å². The van der Waals surface area contributed by atoms with Crippen molar-refractivity contribution in [3.63, 3.8) is 0 Å². The molecule has 1 rings (SSSR count). The molecule has 0 aliphatic heterocycles. The van der Waals surface area contributed by atoms with E-state index < -0.39 is 6.10 Å². The first-order chi connectivity index (χ1) is 4.84. The fraction of sp³-hybridized carbons (Fsp3) is 0.429. The van der Waals surface area contributed by atoms with Crippen LogP contribution in [0.4, 0.5) is 0 Å². The molecule has 0 saturated carbocycles. The highest BCUT2D eigenvalue weighted by atomic mass is 16.4. The first-order valence-corrected chi connectivity index (χ1v) is 3.17. The number of hydrogen-bond acceptors (Lipinski definition) is 3. The van der Waals surface area contributed by atoms with E-state index in [1.54, 1.807) is 12.1 Å². The van der Waals surface area contributed by atoms with Gasteiger partial charge in [0.05, 0.1) is 6.26 Å². The van der Waals surface area contributed by atoms with Crippen LogP contribution in [0.1, 0.15) is 18.3 Å². The van der Waals surface area contributed by atoms with Crippen LogP contribution in [0.5, 0.6) is 0 Å². The molecule has 1 atom stereocenters. The maximum Gasteiger partial charge on any atom is 0.132 e. The van der Waals surface area contributed by atoms with E-state index in [9.17, 15) is 0 Å². The van der Waals surface area contributed by atoms with Crippen molar-refractivity contribution >= 4 is 0 Å². The highest BCUT2D eigenvalue weighted by Crippen LogP contribution is 2.15. The van der Waals surface area contributed by atoms with Crippen LogP contribution in [-0.4, -0.2) is 16.8 Å². The van der Waals surface area contributed by atoms with Gasteiger partial charge in [-0.3, -0.25) is 0 Å². The maximum absolute atomic E-state index is 9.16. The van der Waals surface area contributed by atoms with Crippen LogP contribution in [0.3, 0.4) is 0 Å². The topological polar surface area (TPSA) is 53.6 Å². The van der Waals surface area contributed by atoms with Gasteiger partial charge in [0, 0.05) is 13.0 Å². The molecule has 3 nitrogen and oxygen atoms in total. The van der Waals surface area contributed by atoms with Gasteiger partial charge < -0.3 is 14.6 Å². The third-order valence-corrected chi connectivity index (χ3v) is 1.27. The fourth-order valence-electron chi connectivity index (χ4n) is 0.745. The molecule has 0 fully saturated rings. The van der Waals surface area contributed by atoms with Gasteiger partial charge in [-0.25, -0.2) is 0 Å². The summed E-state index contributed by atoms with van der Waals surface area (Å²) in [6.07, 6.45) is 1.16. The summed E-state index contributed by atoms with van der Waals surface area (Å²) < 4.78 is 4.89. The first kappa shape index (κ1) is 7.31. The summed E-state index contributed by atoms with van der Waals surface area (Å²) in [6, 6.07) is 3.39. The highest BCUT2D eigenvalue weighted by molar-refractivity contribution is 5.01. The third kappa shape index (κ3) is 1.59. The Morgan fingerprint density at radius 2 is 2.40 bits per heavy atom. The average molecular weight is 142 g/mol. The summed E-state index contributed by atoms with van der Waals surface area (Å²) in [6.45, 7) is -0.0259. The Bertz CT molecular complexity index is 169. The zero-order valence-corrected chi connectivity index (χ0v) is 5.53. The molecule has 10 heavy (non-hydrogen) atoms. The van der Waals surface area contributed by atoms with Crippen molar-refractivity contribution in [3.05, 3.63) is 24.2 Å². The van der Waals surface area contributed by atoms with E-state index in [1.807, 2.05) is 0 Å². The molecular weight excluding hydrogens is 132 g/mol. The van der Waals surface area contributed by atoms with Gasteiger partial charge >= 0.3 is 0 Å². The number of hydrogen-bond donors (Lipinski definition) is 2. The molecule has 2 N–H and O–H groups in total. The molecule has 0 amide bonds. The van der Waals surface area contributed by atoms with E-state index in [-0.39, 0.29) is 6.61 Å². The highest BCUT2D eigenvalue weighted by Gasteiger charge is 2.07. The second-order valence-electron chi connectivity index (χ2n) is 2.04. The largest absolute Gasteiger partial charge is 0.467 e. The predicted molar refractivity (Wildman–Crippen MR) is 35.4 cm³/mol. The second-order valence-corrected chi connectivity index (χ2v) is 2.04. The standard InChI is InChI=1S/C7H10O3/c8-4-3-6(9)7-2-1-5-10-7/h1-2,5-6,8-9H,3-4H2/t6-/m0/s1. The molecule has 0 aliphatic rings. The van der Waals surface area contributed by atoms with E-state index in [2.05, 4.69) is 0 Å². The smallest absolute Gasteiger partial charge is 0.132 e. The monoisotopic (exact) mass is 142 g/mol. The molecule has 1 heterocycles. The Labute approximate surface area is 58.9 Å². The molecule has 56 valence electrons. The number of aliphatic hydroxyl groups excluding tert-OH is 2. The Morgan fingerprint density at radius 1 is 1.60 bits per heavy atom. The van der Waals surface area contributed by atoms with Gasteiger partial charge in [-0.05, 0) is 12.1 Å². The quantitative estimate of drug-likeness (QED) is 0.653. The third-order valence-electron chi connectivity index (χ3n) is 1.27. The number of aliphatic hydroxyl groups is 2. The molecule has 1 aromatic heterocycles. The van der Waals surface area contributed by atoms with Gasteiger partial charge in [-0.2, -0.15) is 0 Å². The lowest BCUT2D eigenvalue weighted by Crippen LogP contribution is -1.97. The SMILES string of the molecule is OCC[C@H](O)c1ccco1. The van der Waals surface area contributed by atoms with Crippen LogP contribution in [0.15, 0.2) is 22.8 Å².